The predicted molar refractivity (Wildman–Crippen MR) is 119 cm³/mol. The molecule has 0 radical (unpaired) electrons. The Hall–Kier alpha value is -1.88. The van der Waals surface area contributed by atoms with Crippen LogP contribution < -0.4 is 5.32 Å². The minimum Gasteiger partial charge on any atom is -0.444 e. The van der Waals surface area contributed by atoms with Crippen LogP contribution in [0.5, 0.6) is 0 Å². The van der Waals surface area contributed by atoms with Gasteiger partial charge in [0.1, 0.15) is 11.7 Å². The molecule has 30 heavy (non-hydrogen) atoms. The molecule has 1 fully saturated rings. The van der Waals surface area contributed by atoms with Crippen LogP contribution in [-0.4, -0.2) is 29.6 Å². The van der Waals surface area contributed by atoms with Gasteiger partial charge in [-0.25, -0.2) is 4.79 Å². The average molecular weight is 418 g/mol. The van der Waals surface area contributed by atoms with Crippen molar-refractivity contribution in [2.24, 2.45) is 11.8 Å². The number of hydrogen-bond donors (Lipinski definition) is 1. The highest BCUT2D eigenvalue weighted by atomic mass is 16.6. The minimum absolute atomic E-state index is 0.0165. The maximum atomic E-state index is 13.1. The van der Waals surface area contributed by atoms with Gasteiger partial charge >= 0.3 is 6.09 Å². The van der Waals surface area contributed by atoms with Crippen molar-refractivity contribution in [3.05, 3.63) is 35.9 Å². The summed E-state index contributed by atoms with van der Waals surface area (Å²) in [7, 11) is 0. The second-order valence-electron chi connectivity index (χ2n) is 9.77. The van der Waals surface area contributed by atoms with E-state index in [1.54, 1.807) is 0 Å². The minimum atomic E-state index is -0.695. The summed E-state index contributed by atoms with van der Waals surface area (Å²) in [4.78, 5) is 25.7. The van der Waals surface area contributed by atoms with Crippen molar-refractivity contribution < 1.29 is 19.1 Å². The fraction of sp³-hybridized carbons (Fsp3) is 0.680. The summed E-state index contributed by atoms with van der Waals surface area (Å²) in [5.41, 5.74) is 0.412. The molecule has 1 saturated carbocycles. The number of Topliss-reactive ketones (excluding diaryl/α,β-unsaturated/α-hetero) is 1. The first-order valence-electron chi connectivity index (χ1n) is 11.3. The van der Waals surface area contributed by atoms with Crippen molar-refractivity contribution in [3.63, 3.8) is 0 Å². The van der Waals surface area contributed by atoms with Gasteiger partial charge in [0.25, 0.3) is 0 Å². The maximum absolute atomic E-state index is 13.1. The average Bonchev–Trinajstić information content (AvgIpc) is 2.68. The Balaban J connectivity index is 2.19. The van der Waals surface area contributed by atoms with E-state index in [1.165, 1.54) is 19.3 Å². The first-order valence-corrected chi connectivity index (χ1v) is 11.3. The molecule has 5 nitrogen and oxygen atoms in total. The first-order chi connectivity index (χ1) is 14.2. The van der Waals surface area contributed by atoms with Crippen LogP contribution >= 0.6 is 0 Å². The highest BCUT2D eigenvalue weighted by Gasteiger charge is 2.35. The van der Waals surface area contributed by atoms with Gasteiger partial charge in [-0.05, 0) is 38.7 Å². The van der Waals surface area contributed by atoms with Crippen molar-refractivity contribution in [1.82, 2.24) is 5.32 Å². The van der Waals surface area contributed by atoms with E-state index in [4.69, 9.17) is 9.47 Å². The quantitative estimate of drug-likeness (QED) is 0.563. The number of hydrogen-bond acceptors (Lipinski definition) is 4. The van der Waals surface area contributed by atoms with Gasteiger partial charge in [-0.1, -0.05) is 76.3 Å². The molecule has 1 aromatic carbocycles. The molecule has 0 bridgehead atoms. The molecule has 1 aliphatic rings. The Kier molecular flexibility index (Phi) is 9.35. The first kappa shape index (κ1) is 24.4. The van der Waals surface area contributed by atoms with E-state index < -0.39 is 23.8 Å². The summed E-state index contributed by atoms with van der Waals surface area (Å²) in [6, 6.07) is 9.42. The molecule has 1 aromatic rings. The molecule has 2 rings (SSSR count). The van der Waals surface area contributed by atoms with Crippen LogP contribution in [-0.2, 0) is 20.9 Å². The fourth-order valence-corrected chi connectivity index (χ4v) is 3.98. The summed E-state index contributed by atoms with van der Waals surface area (Å²) >= 11 is 0. The SMILES string of the molecule is CC(C)C(=O)C(OCc1ccccc1)C(CC1CCCCC1)NC(=O)OC(C)(C)C. The molecule has 0 aromatic heterocycles. The van der Waals surface area contributed by atoms with Crippen LogP contribution in [0.2, 0.25) is 0 Å². The Bertz CT molecular complexity index is 659. The molecule has 2 atom stereocenters. The van der Waals surface area contributed by atoms with Crippen LogP contribution in [0.4, 0.5) is 4.79 Å². The normalized spacial score (nSPS) is 17.4. The Morgan fingerprint density at radius 1 is 1.07 bits per heavy atom. The number of rotatable bonds is 9. The van der Waals surface area contributed by atoms with Crippen molar-refractivity contribution in [2.75, 3.05) is 0 Å². The maximum Gasteiger partial charge on any atom is 0.407 e. The van der Waals surface area contributed by atoms with Crippen LogP contribution in [0.3, 0.4) is 0 Å². The fourth-order valence-electron chi connectivity index (χ4n) is 3.98. The lowest BCUT2D eigenvalue weighted by Crippen LogP contribution is -2.51. The van der Waals surface area contributed by atoms with E-state index in [-0.39, 0.29) is 11.7 Å². The zero-order chi connectivity index (χ0) is 22.1. The Morgan fingerprint density at radius 3 is 2.27 bits per heavy atom. The molecule has 1 aliphatic carbocycles. The summed E-state index contributed by atoms with van der Waals surface area (Å²) in [5, 5.41) is 2.99. The van der Waals surface area contributed by atoms with E-state index in [0.717, 1.165) is 24.8 Å². The number of carbonyl (C=O) groups excluding carboxylic acids is 2. The predicted octanol–water partition coefficient (Wildman–Crippen LogP) is 5.66. The van der Waals surface area contributed by atoms with Crippen LogP contribution in [0.1, 0.15) is 78.7 Å². The molecule has 0 saturated heterocycles. The highest BCUT2D eigenvalue weighted by molar-refractivity contribution is 5.86. The third-order valence-corrected chi connectivity index (χ3v) is 5.50. The zero-order valence-electron chi connectivity index (χ0n) is 19.3. The number of nitrogens with one attached hydrogen (secondary N) is 1. The lowest BCUT2D eigenvalue weighted by Gasteiger charge is -2.33. The number of ketones is 1. The summed E-state index contributed by atoms with van der Waals surface area (Å²) in [6.45, 7) is 9.61. The summed E-state index contributed by atoms with van der Waals surface area (Å²) in [5.74, 6) is 0.323. The highest BCUT2D eigenvalue weighted by Crippen LogP contribution is 2.29. The molecule has 0 spiro atoms. The van der Waals surface area contributed by atoms with Crippen molar-refractivity contribution in [3.8, 4) is 0 Å². The lowest BCUT2D eigenvalue weighted by molar-refractivity contribution is -0.137. The number of carbonyl (C=O) groups is 2. The third kappa shape index (κ3) is 8.47. The number of benzene rings is 1. The van der Waals surface area contributed by atoms with Gasteiger partial charge in [0.15, 0.2) is 5.78 Å². The van der Waals surface area contributed by atoms with Gasteiger partial charge in [-0.15, -0.1) is 0 Å². The monoisotopic (exact) mass is 417 g/mol. The van der Waals surface area contributed by atoms with Crippen LogP contribution in [0, 0.1) is 11.8 Å². The zero-order valence-corrected chi connectivity index (χ0v) is 19.3. The van der Waals surface area contributed by atoms with E-state index in [1.807, 2.05) is 65.0 Å². The topological polar surface area (TPSA) is 64.6 Å². The number of amides is 1. The molecule has 2 unspecified atom stereocenters. The third-order valence-electron chi connectivity index (χ3n) is 5.50. The molecule has 5 heteroatoms. The summed E-state index contributed by atoms with van der Waals surface area (Å²) in [6.07, 6.45) is 5.49. The lowest BCUT2D eigenvalue weighted by atomic mass is 9.82. The largest absolute Gasteiger partial charge is 0.444 e. The molecular weight excluding hydrogens is 378 g/mol. The molecular formula is C25H39NO4. The standard InChI is InChI=1S/C25H39NO4/c1-18(2)22(27)23(29-17-20-14-10-7-11-15-20)21(16-19-12-8-6-9-13-19)26-24(28)30-25(3,4)5/h7,10-11,14-15,18-19,21,23H,6,8-9,12-13,16-17H2,1-5H3,(H,26,28). The smallest absolute Gasteiger partial charge is 0.407 e. The summed E-state index contributed by atoms with van der Waals surface area (Å²) < 4.78 is 11.7. The van der Waals surface area contributed by atoms with Crippen molar-refractivity contribution >= 4 is 11.9 Å². The van der Waals surface area contributed by atoms with E-state index in [0.29, 0.717) is 12.5 Å². The van der Waals surface area contributed by atoms with E-state index in [9.17, 15) is 9.59 Å². The van der Waals surface area contributed by atoms with Crippen molar-refractivity contribution in [2.45, 2.75) is 97.5 Å². The van der Waals surface area contributed by atoms with Gasteiger partial charge < -0.3 is 14.8 Å². The number of alkyl carbamates (subject to hydrolysis) is 1. The molecule has 0 heterocycles. The van der Waals surface area contributed by atoms with Gasteiger partial charge in [0, 0.05) is 5.92 Å². The van der Waals surface area contributed by atoms with E-state index >= 15 is 0 Å². The molecule has 0 aliphatic heterocycles. The number of ether oxygens (including phenoxy) is 2. The molecule has 1 amide bonds. The van der Waals surface area contributed by atoms with Crippen LogP contribution in [0.25, 0.3) is 0 Å². The Labute approximate surface area is 181 Å². The van der Waals surface area contributed by atoms with Gasteiger partial charge in [-0.2, -0.15) is 0 Å². The molecule has 1 N–H and O–H groups in total. The van der Waals surface area contributed by atoms with Gasteiger partial charge in [-0.3, -0.25) is 4.79 Å². The van der Waals surface area contributed by atoms with Crippen LogP contribution in [0.15, 0.2) is 30.3 Å². The van der Waals surface area contributed by atoms with Gasteiger partial charge in [0.05, 0.1) is 12.6 Å². The second kappa shape index (κ2) is 11.5. The second-order valence-corrected chi connectivity index (χ2v) is 9.77. The van der Waals surface area contributed by atoms with Crippen molar-refractivity contribution in [1.29, 1.82) is 0 Å². The van der Waals surface area contributed by atoms with Gasteiger partial charge in [0.2, 0.25) is 0 Å². The van der Waals surface area contributed by atoms with E-state index in [2.05, 4.69) is 5.32 Å². The Morgan fingerprint density at radius 2 is 1.70 bits per heavy atom. The molecule has 168 valence electrons.